The summed E-state index contributed by atoms with van der Waals surface area (Å²) in [6, 6.07) is 0.378. The van der Waals surface area contributed by atoms with Gasteiger partial charge in [0, 0.05) is 31.0 Å². The molecule has 3 rings (SSSR count). The van der Waals surface area contributed by atoms with Crippen LogP contribution in [0.1, 0.15) is 26.7 Å². The van der Waals surface area contributed by atoms with Gasteiger partial charge in [0.2, 0.25) is 0 Å². The van der Waals surface area contributed by atoms with Crippen molar-refractivity contribution in [2.45, 2.75) is 51.2 Å². The SMILES string of the molecule is CC(C)C1CC2C(=O)C3CC(CO)C(N)NC3OC2CN1. The molecule has 0 aliphatic carbocycles. The molecule has 3 fully saturated rings. The van der Waals surface area contributed by atoms with Gasteiger partial charge < -0.3 is 20.9 Å². The molecule has 0 aromatic carbocycles. The highest BCUT2D eigenvalue weighted by Gasteiger charge is 2.50. The van der Waals surface area contributed by atoms with E-state index in [1.807, 2.05) is 0 Å². The van der Waals surface area contributed by atoms with Gasteiger partial charge in [-0.1, -0.05) is 13.8 Å². The Kier molecular flexibility index (Phi) is 4.34. The Morgan fingerprint density at radius 2 is 2.14 bits per heavy atom. The first-order valence-electron chi connectivity index (χ1n) is 8.06. The monoisotopic (exact) mass is 297 g/mol. The number of fused-ring (bicyclic) bond motifs is 2. The fourth-order valence-corrected chi connectivity index (χ4v) is 3.96. The second-order valence-corrected chi connectivity index (χ2v) is 7.08. The first kappa shape index (κ1) is 15.4. The Labute approximate surface area is 125 Å². The Balaban J connectivity index is 1.74. The van der Waals surface area contributed by atoms with E-state index in [0.29, 0.717) is 24.2 Å². The van der Waals surface area contributed by atoms with Crippen LogP contribution in [0.25, 0.3) is 0 Å². The second kappa shape index (κ2) is 5.93. The fraction of sp³-hybridized carbons (Fsp3) is 0.933. The van der Waals surface area contributed by atoms with Crippen LogP contribution in [-0.4, -0.2) is 48.6 Å². The smallest absolute Gasteiger partial charge is 0.145 e. The molecule has 7 unspecified atom stereocenters. The predicted octanol–water partition coefficient (Wildman–Crippen LogP) is -0.583. The minimum Gasteiger partial charge on any atom is -0.396 e. The van der Waals surface area contributed by atoms with Gasteiger partial charge in [-0.15, -0.1) is 0 Å². The second-order valence-electron chi connectivity index (χ2n) is 7.08. The minimum atomic E-state index is -0.305. The third-order valence-corrected chi connectivity index (χ3v) is 5.42. The highest BCUT2D eigenvalue weighted by molar-refractivity contribution is 5.85. The van der Waals surface area contributed by atoms with Crippen LogP contribution in [0.15, 0.2) is 0 Å². The van der Waals surface area contributed by atoms with Gasteiger partial charge in [-0.2, -0.15) is 0 Å². The first-order chi connectivity index (χ1) is 10.0. The van der Waals surface area contributed by atoms with Gasteiger partial charge in [0.15, 0.2) is 0 Å². The summed E-state index contributed by atoms with van der Waals surface area (Å²) >= 11 is 0. The molecule has 0 bridgehead atoms. The van der Waals surface area contributed by atoms with E-state index >= 15 is 0 Å². The summed E-state index contributed by atoms with van der Waals surface area (Å²) in [6.07, 6.45) is 0.811. The average molecular weight is 297 g/mol. The van der Waals surface area contributed by atoms with E-state index in [4.69, 9.17) is 10.5 Å². The molecule has 0 aromatic rings. The molecule has 3 heterocycles. The molecule has 3 aliphatic heterocycles. The lowest BCUT2D eigenvalue weighted by atomic mass is 9.73. The lowest BCUT2D eigenvalue weighted by Gasteiger charge is -2.49. The van der Waals surface area contributed by atoms with Gasteiger partial charge in [-0.3, -0.25) is 10.1 Å². The topological polar surface area (TPSA) is 96.6 Å². The number of carbonyl (C=O) groups is 1. The van der Waals surface area contributed by atoms with Gasteiger partial charge in [-0.25, -0.2) is 0 Å². The van der Waals surface area contributed by atoms with E-state index in [9.17, 15) is 9.90 Å². The number of hydrogen-bond donors (Lipinski definition) is 4. The maximum atomic E-state index is 12.9. The van der Waals surface area contributed by atoms with Crippen molar-refractivity contribution in [1.29, 1.82) is 0 Å². The Morgan fingerprint density at radius 3 is 2.81 bits per heavy atom. The number of hydrogen-bond acceptors (Lipinski definition) is 6. The van der Waals surface area contributed by atoms with Crippen molar-refractivity contribution in [3.05, 3.63) is 0 Å². The molecular weight excluding hydrogens is 270 g/mol. The molecule has 6 nitrogen and oxygen atoms in total. The molecule has 6 heteroatoms. The number of nitrogens with two attached hydrogens (primary N) is 1. The number of piperidine rings is 2. The molecule has 0 spiro atoms. The quantitative estimate of drug-likeness (QED) is 0.544. The Morgan fingerprint density at radius 1 is 1.38 bits per heavy atom. The standard InChI is InChI=1S/C15H27N3O3/c1-7(2)11-4-9-12(5-17-11)21-15-10(13(9)20)3-8(6-19)14(16)18-15/h7-12,14-15,17-19H,3-6,16H2,1-2H3. The summed E-state index contributed by atoms with van der Waals surface area (Å²) < 4.78 is 6.10. The van der Waals surface area contributed by atoms with Gasteiger partial charge in [-0.05, 0) is 18.8 Å². The Hall–Kier alpha value is -0.530. The van der Waals surface area contributed by atoms with Crippen molar-refractivity contribution in [1.82, 2.24) is 10.6 Å². The van der Waals surface area contributed by atoms with Crippen LogP contribution in [0, 0.1) is 23.7 Å². The molecule has 0 radical (unpaired) electrons. The Bertz CT molecular complexity index is 396. The summed E-state index contributed by atoms with van der Waals surface area (Å²) in [5.74, 6) is 0.545. The van der Waals surface area contributed by atoms with E-state index in [1.165, 1.54) is 0 Å². The van der Waals surface area contributed by atoms with Crippen molar-refractivity contribution in [3.8, 4) is 0 Å². The third-order valence-electron chi connectivity index (χ3n) is 5.42. The lowest BCUT2D eigenvalue weighted by molar-refractivity contribution is -0.179. The number of aliphatic hydroxyl groups excluding tert-OH is 1. The zero-order valence-electron chi connectivity index (χ0n) is 12.8. The maximum Gasteiger partial charge on any atom is 0.145 e. The van der Waals surface area contributed by atoms with Crippen LogP contribution in [0.2, 0.25) is 0 Å². The number of ether oxygens (including phenoxy) is 1. The molecule has 3 aliphatic rings. The predicted molar refractivity (Wildman–Crippen MR) is 78.2 cm³/mol. The number of ketones is 1. The van der Waals surface area contributed by atoms with E-state index in [0.717, 1.165) is 13.0 Å². The largest absolute Gasteiger partial charge is 0.396 e. The number of rotatable bonds is 2. The fourth-order valence-electron chi connectivity index (χ4n) is 3.96. The molecule has 21 heavy (non-hydrogen) atoms. The first-order valence-corrected chi connectivity index (χ1v) is 8.06. The summed E-state index contributed by atoms with van der Waals surface area (Å²) in [5, 5.41) is 16.1. The number of aliphatic hydroxyl groups is 1. The van der Waals surface area contributed by atoms with Crippen molar-refractivity contribution in [2.75, 3.05) is 13.2 Å². The van der Waals surface area contributed by atoms with Crippen LogP contribution in [0.5, 0.6) is 0 Å². The summed E-state index contributed by atoms with van der Waals surface area (Å²) in [7, 11) is 0. The minimum absolute atomic E-state index is 0.00887. The number of carbonyl (C=O) groups excluding carboxylic acids is 1. The molecule has 5 N–H and O–H groups in total. The van der Waals surface area contributed by atoms with Crippen LogP contribution in [0.4, 0.5) is 0 Å². The van der Waals surface area contributed by atoms with Crippen molar-refractivity contribution in [2.24, 2.45) is 29.4 Å². The van der Waals surface area contributed by atoms with Crippen molar-refractivity contribution < 1.29 is 14.6 Å². The summed E-state index contributed by atoms with van der Waals surface area (Å²) in [6.45, 7) is 5.09. The van der Waals surface area contributed by atoms with Gasteiger partial charge >= 0.3 is 0 Å². The van der Waals surface area contributed by atoms with E-state index in [1.54, 1.807) is 0 Å². The van der Waals surface area contributed by atoms with Crippen molar-refractivity contribution in [3.63, 3.8) is 0 Å². The van der Waals surface area contributed by atoms with Gasteiger partial charge in [0.25, 0.3) is 0 Å². The van der Waals surface area contributed by atoms with Gasteiger partial charge in [0.05, 0.1) is 18.2 Å². The van der Waals surface area contributed by atoms with E-state index in [2.05, 4.69) is 24.5 Å². The maximum absolute atomic E-state index is 12.9. The molecule has 120 valence electrons. The third kappa shape index (κ3) is 2.75. The molecule has 3 saturated heterocycles. The molecule has 0 amide bonds. The highest BCUT2D eigenvalue weighted by atomic mass is 16.5. The molecule has 7 atom stereocenters. The summed E-state index contributed by atoms with van der Waals surface area (Å²) in [4.78, 5) is 12.9. The van der Waals surface area contributed by atoms with Crippen LogP contribution >= 0.6 is 0 Å². The van der Waals surface area contributed by atoms with Crippen LogP contribution in [0.3, 0.4) is 0 Å². The average Bonchev–Trinajstić information content (AvgIpc) is 2.46. The number of Topliss-reactive ketones (excluding diaryl/α,β-unsaturated/α-hetero) is 1. The molecule has 0 aromatic heterocycles. The normalized spacial score (nSPS) is 47.1. The van der Waals surface area contributed by atoms with E-state index < -0.39 is 0 Å². The van der Waals surface area contributed by atoms with Crippen LogP contribution in [-0.2, 0) is 9.53 Å². The molecule has 0 saturated carbocycles. The van der Waals surface area contributed by atoms with Gasteiger partial charge in [0.1, 0.15) is 12.0 Å². The molecular formula is C15H27N3O3. The summed E-state index contributed by atoms with van der Waals surface area (Å²) in [5.41, 5.74) is 5.99. The van der Waals surface area contributed by atoms with Crippen LogP contribution < -0.4 is 16.4 Å². The van der Waals surface area contributed by atoms with Crippen molar-refractivity contribution >= 4 is 5.78 Å². The number of nitrogens with one attached hydrogen (secondary N) is 2. The zero-order valence-corrected chi connectivity index (χ0v) is 12.8. The zero-order chi connectivity index (χ0) is 15.1. The lowest BCUT2D eigenvalue weighted by Crippen LogP contribution is -2.67. The van der Waals surface area contributed by atoms with E-state index in [-0.39, 0.29) is 42.9 Å². The highest BCUT2D eigenvalue weighted by Crippen LogP contribution is 2.37.